The van der Waals surface area contributed by atoms with Crippen molar-refractivity contribution in [2.24, 2.45) is 0 Å². The normalized spacial score (nSPS) is 14.5. The van der Waals surface area contributed by atoms with Gasteiger partial charge >= 0.3 is 11.7 Å². The Morgan fingerprint density at radius 1 is 1.31 bits per heavy atom. The molecular weight excluding hydrogens is 363 g/mol. The van der Waals surface area contributed by atoms with Gasteiger partial charge < -0.3 is 10.1 Å². The van der Waals surface area contributed by atoms with E-state index < -0.39 is 28.3 Å². The number of ether oxygens (including phenoxy) is 1. The van der Waals surface area contributed by atoms with Gasteiger partial charge in [0.15, 0.2) is 0 Å². The predicted molar refractivity (Wildman–Crippen MR) is 93.3 cm³/mol. The molecule has 7 nitrogen and oxygen atoms in total. The molecule has 2 aromatic carbocycles. The number of hydrogen-bond donors (Lipinski definition) is 1. The summed E-state index contributed by atoms with van der Waals surface area (Å²) in [5.74, 6) is -1.76. The minimum Gasteiger partial charge on any atom is -0.419 e. The number of nitro benzene ring substituents is 1. The third kappa shape index (κ3) is 3.72. The van der Waals surface area contributed by atoms with Crippen molar-refractivity contribution in [3.8, 4) is 5.75 Å². The second-order valence-corrected chi connectivity index (χ2v) is 6.37. The number of benzene rings is 2. The summed E-state index contributed by atoms with van der Waals surface area (Å²) >= 11 is 1.12. The first-order valence-corrected chi connectivity index (χ1v) is 8.12. The number of nitrogens with one attached hydrogen (secondary N) is 1. The molecule has 0 unspecified atom stereocenters. The Morgan fingerprint density at radius 2 is 2.08 bits per heavy atom. The number of esters is 1. The van der Waals surface area contributed by atoms with E-state index in [1.165, 1.54) is 42.5 Å². The van der Waals surface area contributed by atoms with E-state index in [4.69, 9.17) is 4.74 Å². The van der Waals surface area contributed by atoms with Gasteiger partial charge in [-0.05, 0) is 35.9 Å². The molecular formula is C17H11FN2O5S. The van der Waals surface area contributed by atoms with Crippen LogP contribution in [0.2, 0.25) is 0 Å². The van der Waals surface area contributed by atoms with Crippen LogP contribution in [0.25, 0.3) is 6.08 Å². The van der Waals surface area contributed by atoms with Crippen molar-refractivity contribution in [1.29, 1.82) is 0 Å². The summed E-state index contributed by atoms with van der Waals surface area (Å²) in [7, 11) is 0. The highest BCUT2D eigenvalue weighted by Gasteiger charge is 2.22. The van der Waals surface area contributed by atoms with Crippen LogP contribution in [0.15, 0.2) is 46.2 Å². The van der Waals surface area contributed by atoms with Gasteiger partial charge in [-0.15, -0.1) is 0 Å². The molecule has 0 spiro atoms. The fraction of sp³-hybridized carbons (Fsp3) is 0.0588. The van der Waals surface area contributed by atoms with Crippen molar-refractivity contribution in [2.75, 3.05) is 5.32 Å². The van der Waals surface area contributed by atoms with E-state index in [0.29, 0.717) is 21.1 Å². The molecule has 26 heavy (non-hydrogen) atoms. The first-order valence-electron chi connectivity index (χ1n) is 7.31. The van der Waals surface area contributed by atoms with E-state index in [1.807, 2.05) is 0 Å². The van der Waals surface area contributed by atoms with Crippen molar-refractivity contribution in [2.45, 2.75) is 11.8 Å². The van der Waals surface area contributed by atoms with Crippen LogP contribution < -0.4 is 10.1 Å². The van der Waals surface area contributed by atoms with E-state index >= 15 is 0 Å². The Kier molecular flexibility index (Phi) is 4.72. The van der Waals surface area contributed by atoms with Crippen molar-refractivity contribution < 1.29 is 23.6 Å². The van der Waals surface area contributed by atoms with E-state index in [0.717, 1.165) is 18.7 Å². The summed E-state index contributed by atoms with van der Waals surface area (Å²) in [4.78, 5) is 34.7. The van der Waals surface area contributed by atoms with Gasteiger partial charge in [-0.1, -0.05) is 17.8 Å². The lowest BCUT2D eigenvalue weighted by atomic mass is 10.1. The molecule has 0 radical (unpaired) electrons. The van der Waals surface area contributed by atoms with E-state index in [9.17, 15) is 24.1 Å². The van der Waals surface area contributed by atoms with E-state index in [2.05, 4.69) is 5.32 Å². The number of rotatable bonds is 3. The molecule has 9 heteroatoms. The smallest absolute Gasteiger partial charge is 0.312 e. The molecule has 3 rings (SSSR count). The van der Waals surface area contributed by atoms with E-state index in [-0.39, 0.29) is 5.75 Å². The number of nitrogens with zero attached hydrogens (tertiary/aromatic N) is 1. The van der Waals surface area contributed by atoms with Gasteiger partial charge in [0.2, 0.25) is 5.75 Å². The average molecular weight is 374 g/mol. The van der Waals surface area contributed by atoms with Gasteiger partial charge in [-0.25, -0.2) is 4.39 Å². The number of fused-ring (bicyclic) bond motifs is 1. The molecule has 1 N–H and O–H groups in total. The van der Waals surface area contributed by atoms with Crippen LogP contribution in [-0.4, -0.2) is 16.8 Å². The van der Waals surface area contributed by atoms with Crippen molar-refractivity contribution in [3.05, 3.63) is 62.8 Å². The van der Waals surface area contributed by atoms with Crippen LogP contribution in [0.5, 0.6) is 5.75 Å². The molecule has 1 amide bonds. The van der Waals surface area contributed by atoms with Crippen LogP contribution in [0.4, 0.5) is 15.8 Å². The molecule has 0 bridgehead atoms. The third-order valence-corrected chi connectivity index (χ3v) is 4.46. The summed E-state index contributed by atoms with van der Waals surface area (Å²) in [6.45, 7) is 1.14. The molecule has 1 heterocycles. The zero-order valence-corrected chi connectivity index (χ0v) is 14.1. The van der Waals surface area contributed by atoms with Crippen LogP contribution in [0, 0.1) is 15.9 Å². The summed E-state index contributed by atoms with van der Waals surface area (Å²) in [5, 5.41) is 13.8. The highest BCUT2D eigenvalue weighted by molar-refractivity contribution is 8.04. The molecule has 0 aliphatic carbocycles. The maximum absolute atomic E-state index is 13.2. The minimum absolute atomic E-state index is 0.175. The lowest BCUT2D eigenvalue weighted by Crippen LogP contribution is -2.17. The largest absolute Gasteiger partial charge is 0.419 e. The molecule has 132 valence electrons. The molecule has 2 aromatic rings. The Bertz CT molecular complexity index is 974. The third-order valence-electron chi connectivity index (χ3n) is 3.36. The van der Waals surface area contributed by atoms with Gasteiger partial charge in [0.25, 0.3) is 5.91 Å². The fourth-order valence-corrected chi connectivity index (χ4v) is 3.22. The zero-order chi connectivity index (χ0) is 18.8. The van der Waals surface area contributed by atoms with Crippen LogP contribution in [0.1, 0.15) is 12.5 Å². The number of halogens is 1. The first-order chi connectivity index (χ1) is 12.3. The number of hydrogen-bond acceptors (Lipinski definition) is 6. The van der Waals surface area contributed by atoms with Gasteiger partial charge in [0.05, 0.1) is 15.5 Å². The standard InChI is InChI=1S/C17H11FN2O5S/c1-9(21)25-14-4-2-10(6-13(14)20(23)24)7-16-17(22)19-12-8-11(18)3-5-15(12)26-16/h2-8H,1H3,(H,19,22). The monoisotopic (exact) mass is 374 g/mol. The highest BCUT2D eigenvalue weighted by atomic mass is 32.2. The summed E-state index contributed by atoms with van der Waals surface area (Å²) < 4.78 is 18.0. The Hall–Kier alpha value is -3.20. The minimum atomic E-state index is -0.676. The highest BCUT2D eigenvalue weighted by Crippen LogP contribution is 2.39. The molecule has 1 aliphatic rings. The van der Waals surface area contributed by atoms with Crippen LogP contribution >= 0.6 is 11.8 Å². The topological polar surface area (TPSA) is 98.5 Å². The quantitative estimate of drug-likeness (QED) is 0.289. The van der Waals surface area contributed by atoms with Gasteiger partial charge in [0.1, 0.15) is 5.82 Å². The SMILES string of the molecule is CC(=O)Oc1ccc(C=C2Sc3ccc(F)cc3NC2=O)cc1[N+](=O)[O-]. The lowest BCUT2D eigenvalue weighted by Gasteiger charge is -2.18. The molecule has 0 saturated carbocycles. The Labute approximate surface area is 151 Å². The molecule has 0 atom stereocenters. The van der Waals surface area contributed by atoms with E-state index in [1.54, 1.807) is 0 Å². The van der Waals surface area contributed by atoms with Crippen molar-refractivity contribution in [1.82, 2.24) is 0 Å². The van der Waals surface area contributed by atoms with Crippen LogP contribution in [0.3, 0.4) is 0 Å². The number of carbonyl (C=O) groups is 2. The molecule has 1 aliphatic heterocycles. The van der Waals surface area contributed by atoms with Gasteiger partial charge in [-0.2, -0.15) is 0 Å². The Balaban J connectivity index is 1.95. The summed E-state index contributed by atoms with van der Waals surface area (Å²) in [6, 6.07) is 8.02. The van der Waals surface area contributed by atoms with Gasteiger partial charge in [0, 0.05) is 17.9 Å². The number of nitro groups is 1. The predicted octanol–water partition coefficient (Wildman–Crippen LogP) is 3.74. The maximum Gasteiger partial charge on any atom is 0.312 e. The fourth-order valence-electron chi connectivity index (χ4n) is 2.29. The van der Waals surface area contributed by atoms with Gasteiger partial charge in [-0.3, -0.25) is 19.7 Å². The Morgan fingerprint density at radius 3 is 2.77 bits per heavy atom. The number of anilines is 1. The van der Waals surface area contributed by atoms with Crippen molar-refractivity contribution in [3.63, 3.8) is 0 Å². The van der Waals surface area contributed by atoms with Crippen LogP contribution in [-0.2, 0) is 9.59 Å². The summed E-state index contributed by atoms with van der Waals surface area (Å²) in [6.07, 6.45) is 1.47. The summed E-state index contributed by atoms with van der Waals surface area (Å²) in [5.41, 5.74) is 0.363. The second-order valence-electron chi connectivity index (χ2n) is 5.28. The molecule has 0 fully saturated rings. The lowest BCUT2D eigenvalue weighted by molar-refractivity contribution is -0.385. The first kappa shape index (κ1) is 17.6. The molecule has 0 saturated heterocycles. The second kappa shape index (κ2) is 6.96. The average Bonchev–Trinajstić information content (AvgIpc) is 2.56. The molecule has 0 aromatic heterocycles. The maximum atomic E-state index is 13.2. The number of thioether (sulfide) groups is 1. The number of carbonyl (C=O) groups excluding carboxylic acids is 2. The zero-order valence-electron chi connectivity index (χ0n) is 13.3. The van der Waals surface area contributed by atoms with Crippen molar-refractivity contribution >= 4 is 41.1 Å². The number of amides is 1.